The molecule has 1 rings (SSSR count). The Morgan fingerprint density at radius 2 is 2.11 bits per heavy atom. The Kier molecular flexibility index (Phi) is 6.74. The Morgan fingerprint density at radius 3 is 2.74 bits per heavy atom. The molecular formula is C14H22N2O3. The fourth-order valence-electron chi connectivity index (χ4n) is 1.68. The molecule has 0 fully saturated rings. The third kappa shape index (κ3) is 5.18. The van der Waals surface area contributed by atoms with Crippen molar-refractivity contribution < 1.29 is 14.3 Å². The molecule has 0 aliphatic heterocycles. The lowest BCUT2D eigenvalue weighted by atomic mass is 10.2. The molecule has 19 heavy (non-hydrogen) atoms. The number of carbonyl (C=O) groups excluding carboxylic acids is 1. The summed E-state index contributed by atoms with van der Waals surface area (Å²) in [6.45, 7) is 3.06. The van der Waals surface area contributed by atoms with E-state index in [0.29, 0.717) is 36.8 Å². The van der Waals surface area contributed by atoms with Gasteiger partial charge in [-0.2, -0.15) is 0 Å². The number of carbonyl (C=O) groups is 1. The van der Waals surface area contributed by atoms with Crippen LogP contribution >= 0.6 is 0 Å². The van der Waals surface area contributed by atoms with Gasteiger partial charge in [0.05, 0.1) is 13.7 Å². The van der Waals surface area contributed by atoms with Crippen molar-refractivity contribution in [1.82, 2.24) is 0 Å². The van der Waals surface area contributed by atoms with Gasteiger partial charge in [-0.15, -0.1) is 0 Å². The van der Waals surface area contributed by atoms with Gasteiger partial charge in [0, 0.05) is 18.2 Å². The van der Waals surface area contributed by atoms with Gasteiger partial charge in [0.1, 0.15) is 0 Å². The van der Waals surface area contributed by atoms with Gasteiger partial charge >= 0.3 is 0 Å². The zero-order valence-electron chi connectivity index (χ0n) is 11.6. The highest BCUT2D eigenvalue weighted by Crippen LogP contribution is 2.30. The highest BCUT2D eigenvalue weighted by atomic mass is 16.5. The minimum absolute atomic E-state index is 0.0129. The first-order chi connectivity index (χ1) is 9.21. The van der Waals surface area contributed by atoms with Gasteiger partial charge in [-0.05, 0) is 38.4 Å². The maximum Gasteiger partial charge on any atom is 0.224 e. The van der Waals surface area contributed by atoms with Crippen molar-refractivity contribution in [2.24, 2.45) is 5.73 Å². The normalized spacial score (nSPS) is 10.1. The number of amides is 1. The van der Waals surface area contributed by atoms with Gasteiger partial charge in [-0.25, -0.2) is 0 Å². The minimum Gasteiger partial charge on any atom is -0.493 e. The van der Waals surface area contributed by atoms with Crippen LogP contribution in [0.1, 0.15) is 26.2 Å². The van der Waals surface area contributed by atoms with Crippen LogP contribution in [0.3, 0.4) is 0 Å². The van der Waals surface area contributed by atoms with E-state index in [1.54, 1.807) is 25.3 Å². The van der Waals surface area contributed by atoms with Crippen LogP contribution in [0.2, 0.25) is 0 Å². The summed E-state index contributed by atoms with van der Waals surface area (Å²) in [5.74, 6) is 1.27. The molecule has 0 aliphatic rings. The highest BCUT2D eigenvalue weighted by molar-refractivity contribution is 5.91. The molecule has 1 amide bonds. The number of unbranched alkanes of at least 4 members (excludes halogenated alkanes) is 1. The Bertz CT molecular complexity index is 408. The molecule has 0 heterocycles. The van der Waals surface area contributed by atoms with Crippen LogP contribution < -0.4 is 20.5 Å². The standard InChI is InChI=1S/C14H22N2O3/c1-3-19-13-10-11(7-8-12(13)18-2)16-14(17)6-4-5-9-15/h7-8,10H,3-6,9,15H2,1-2H3,(H,16,17). The second kappa shape index (κ2) is 8.37. The van der Waals surface area contributed by atoms with Crippen molar-refractivity contribution in [3.63, 3.8) is 0 Å². The van der Waals surface area contributed by atoms with E-state index in [9.17, 15) is 4.79 Å². The van der Waals surface area contributed by atoms with Crippen molar-refractivity contribution >= 4 is 11.6 Å². The molecule has 0 atom stereocenters. The predicted molar refractivity (Wildman–Crippen MR) is 75.7 cm³/mol. The molecule has 0 spiro atoms. The fraction of sp³-hybridized carbons (Fsp3) is 0.500. The average Bonchev–Trinajstić information content (AvgIpc) is 2.40. The smallest absolute Gasteiger partial charge is 0.224 e. The van der Waals surface area contributed by atoms with Gasteiger partial charge in [0.15, 0.2) is 11.5 Å². The predicted octanol–water partition coefficient (Wildman–Crippen LogP) is 2.16. The average molecular weight is 266 g/mol. The van der Waals surface area contributed by atoms with E-state index >= 15 is 0 Å². The van der Waals surface area contributed by atoms with E-state index in [1.165, 1.54) is 0 Å². The molecule has 0 saturated carbocycles. The first-order valence-electron chi connectivity index (χ1n) is 6.52. The van der Waals surface area contributed by atoms with Crippen molar-refractivity contribution in [2.45, 2.75) is 26.2 Å². The molecule has 0 bridgehead atoms. The Labute approximate surface area is 114 Å². The number of nitrogens with one attached hydrogen (secondary N) is 1. The second-order valence-corrected chi connectivity index (χ2v) is 4.09. The monoisotopic (exact) mass is 266 g/mol. The number of methoxy groups -OCH3 is 1. The van der Waals surface area contributed by atoms with Crippen molar-refractivity contribution in [3.05, 3.63) is 18.2 Å². The molecule has 3 N–H and O–H groups in total. The molecule has 0 radical (unpaired) electrons. The second-order valence-electron chi connectivity index (χ2n) is 4.09. The first-order valence-corrected chi connectivity index (χ1v) is 6.52. The summed E-state index contributed by atoms with van der Waals surface area (Å²) in [5.41, 5.74) is 6.10. The van der Waals surface area contributed by atoms with Crippen LogP contribution in [0.4, 0.5) is 5.69 Å². The maximum absolute atomic E-state index is 11.7. The van der Waals surface area contributed by atoms with Gasteiger partial charge in [0.25, 0.3) is 0 Å². The zero-order valence-corrected chi connectivity index (χ0v) is 11.6. The zero-order chi connectivity index (χ0) is 14.1. The van der Waals surface area contributed by atoms with Gasteiger partial charge in [-0.3, -0.25) is 4.79 Å². The van der Waals surface area contributed by atoms with E-state index in [0.717, 1.165) is 12.8 Å². The van der Waals surface area contributed by atoms with Gasteiger partial charge < -0.3 is 20.5 Å². The summed E-state index contributed by atoms with van der Waals surface area (Å²) >= 11 is 0. The Balaban J connectivity index is 2.63. The summed E-state index contributed by atoms with van der Waals surface area (Å²) in [6.07, 6.45) is 2.14. The molecule has 0 saturated heterocycles. The minimum atomic E-state index is -0.0129. The molecular weight excluding hydrogens is 244 g/mol. The van der Waals surface area contributed by atoms with E-state index in [2.05, 4.69) is 5.32 Å². The SMILES string of the molecule is CCOc1cc(NC(=O)CCCCN)ccc1OC. The fourth-order valence-corrected chi connectivity index (χ4v) is 1.68. The third-order valence-corrected chi connectivity index (χ3v) is 2.61. The van der Waals surface area contributed by atoms with Crippen LogP contribution in [-0.4, -0.2) is 26.2 Å². The molecule has 0 unspecified atom stereocenters. The number of hydrogen-bond donors (Lipinski definition) is 2. The number of benzene rings is 1. The molecule has 1 aromatic rings. The van der Waals surface area contributed by atoms with Crippen LogP contribution in [-0.2, 0) is 4.79 Å². The van der Waals surface area contributed by atoms with Crippen molar-refractivity contribution in [2.75, 3.05) is 25.6 Å². The van der Waals surface area contributed by atoms with Crippen LogP contribution in [0, 0.1) is 0 Å². The van der Waals surface area contributed by atoms with Crippen molar-refractivity contribution in [1.29, 1.82) is 0 Å². The van der Waals surface area contributed by atoms with Crippen LogP contribution in [0.5, 0.6) is 11.5 Å². The topological polar surface area (TPSA) is 73.6 Å². The summed E-state index contributed by atoms with van der Waals surface area (Å²) < 4.78 is 10.6. The van der Waals surface area contributed by atoms with Gasteiger partial charge in [0.2, 0.25) is 5.91 Å². The quantitative estimate of drug-likeness (QED) is 0.707. The lowest BCUT2D eigenvalue weighted by Crippen LogP contribution is -2.12. The molecule has 1 aromatic carbocycles. The lowest BCUT2D eigenvalue weighted by molar-refractivity contribution is -0.116. The third-order valence-electron chi connectivity index (χ3n) is 2.61. The largest absolute Gasteiger partial charge is 0.493 e. The van der Waals surface area contributed by atoms with Crippen LogP contribution in [0.15, 0.2) is 18.2 Å². The summed E-state index contributed by atoms with van der Waals surface area (Å²) in [7, 11) is 1.59. The highest BCUT2D eigenvalue weighted by Gasteiger charge is 2.07. The molecule has 106 valence electrons. The van der Waals surface area contributed by atoms with Crippen molar-refractivity contribution in [3.8, 4) is 11.5 Å². The van der Waals surface area contributed by atoms with Crippen LogP contribution in [0.25, 0.3) is 0 Å². The molecule has 0 aromatic heterocycles. The Morgan fingerprint density at radius 1 is 1.32 bits per heavy atom. The van der Waals surface area contributed by atoms with E-state index < -0.39 is 0 Å². The summed E-state index contributed by atoms with van der Waals surface area (Å²) in [4.78, 5) is 11.7. The number of nitrogens with two attached hydrogens (primary N) is 1. The summed E-state index contributed by atoms with van der Waals surface area (Å²) in [5, 5.41) is 2.84. The first kappa shape index (κ1) is 15.3. The van der Waals surface area contributed by atoms with Gasteiger partial charge in [-0.1, -0.05) is 0 Å². The molecule has 5 nitrogen and oxygen atoms in total. The summed E-state index contributed by atoms with van der Waals surface area (Å²) in [6, 6.07) is 5.34. The Hall–Kier alpha value is -1.75. The van der Waals surface area contributed by atoms with E-state index in [1.807, 2.05) is 6.92 Å². The number of anilines is 1. The maximum atomic E-state index is 11.7. The molecule has 0 aliphatic carbocycles. The van der Waals surface area contributed by atoms with E-state index in [-0.39, 0.29) is 5.91 Å². The molecule has 5 heteroatoms. The number of hydrogen-bond acceptors (Lipinski definition) is 4. The number of rotatable bonds is 8. The lowest BCUT2D eigenvalue weighted by Gasteiger charge is -2.11. The van der Waals surface area contributed by atoms with E-state index in [4.69, 9.17) is 15.2 Å². The number of ether oxygens (including phenoxy) is 2.